The van der Waals surface area contributed by atoms with E-state index in [9.17, 15) is 0 Å². The zero-order valence-corrected chi connectivity index (χ0v) is 8.80. The molecule has 1 fully saturated rings. The first kappa shape index (κ1) is 9.46. The summed E-state index contributed by atoms with van der Waals surface area (Å²) in [5.41, 5.74) is 2.43. The van der Waals surface area contributed by atoms with Gasteiger partial charge in [-0.2, -0.15) is 0 Å². The highest BCUT2D eigenvalue weighted by Crippen LogP contribution is 2.20. The van der Waals surface area contributed by atoms with E-state index in [0.29, 0.717) is 0 Å². The second-order valence-corrected chi connectivity index (χ2v) is 4.30. The van der Waals surface area contributed by atoms with Crippen molar-refractivity contribution in [3.05, 3.63) is 24.0 Å². The number of pyridine rings is 1. The summed E-state index contributed by atoms with van der Waals surface area (Å²) in [6.45, 7) is 6.41. The molecule has 1 aliphatic rings. The first-order chi connectivity index (χ1) is 6.68. The van der Waals surface area contributed by atoms with Crippen LogP contribution in [0.15, 0.2) is 18.3 Å². The van der Waals surface area contributed by atoms with E-state index in [2.05, 4.69) is 28.6 Å². The van der Waals surface area contributed by atoms with E-state index in [1.807, 2.05) is 19.2 Å². The van der Waals surface area contributed by atoms with Gasteiger partial charge < -0.3 is 10.6 Å². The molecule has 2 heterocycles. The van der Waals surface area contributed by atoms with Crippen LogP contribution in [0.2, 0.25) is 0 Å². The van der Waals surface area contributed by atoms with Crippen LogP contribution in [-0.2, 0) is 0 Å². The molecule has 1 aliphatic heterocycles. The Hall–Kier alpha value is -1.09. The summed E-state index contributed by atoms with van der Waals surface area (Å²) in [4.78, 5) is 4.18. The van der Waals surface area contributed by atoms with Crippen molar-refractivity contribution in [2.45, 2.75) is 25.8 Å². The van der Waals surface area contributed by atoms with E-state index in [0.717, 1.165) is 18.8 Å². The zero-order valence-electron chi connectivity index (χ0n) is 8.80. The van der Waals surface area contributed by atoms with Gasteiger partial charge in [-0.25, -0.2) is 0 Å². The monoisotopic (exact) mass is 191 g/mol. The van der Waals surface area contributed by atoms with Crippen LogP contribution in [0.4, 0.5) is 5.69 Å². The SMILES string of the molecule is Cc1cc(NC2(C)CCNC2)ccn1. The Morgan fingerprint density at radius 2 is 2.43 bits per heavy atom. The molecule has 3 heteroatoms. The van der Waals surface area contributed by atoms with Gasteiger partial charge in [0.05, 0.1) is 0 Å². The van der Waals surface area contributed by atoms with E-state index in [1.54, 1.807) is 0 Å². The van der Waals surface area contributed by atoms with E-state index < -0.39 is 0 Å². The molecule has 1 aromatic heterocycles. The van der Waals surface area contributed by atoms with Crippen LogP contribution in [0.25, 0.3) is 0 Å². The van der Waals surface area contributed by atoms with Crippen LogP contribution >= 0.6 is 0 Å². The van der Waals surface area contributed by atoms with Crippen LogP contribution in [0, 0.1) is 6.92 Å². The van der Waals surface area contributed by atoms with Crippen LogP contribution in [0.3, 0.4) is 0 Å². The predicted octanol–water partition coefficient (Wildman–Crippen LogP) is 1.55. The summed E-state index contributed by atoms with van der Waals surface area (Å²) in [5, 5.41) is 6.93. The molecule has 3 nitrogen and oxygen atoms in total. The number of nitrogens with zero attached hydrogens (tertiary/aromatic N) is 1. The molecule has 0 aliphatic carbocycles. The van der Waals surface area contributed by atoms with Gasteiger partial charge in [-0.05, 0) is 38.9 Å². The second-order valence-electron chi connectivity index (χ2n) is 4.30. The van der Waals surface area contributed by atoms with Crippen molar-refractivity contribution in [1.29, 1.82) is 0 Å². The molecule has 1 aromatic rings. The van der Waals surface area contributed by atoms with E-state index in [-0.39, 0.29) is 5.54 Å². The minimum atomic E-state index is 0.202. The van der Waals surface area contributed by atoms with Crippen molar-refractivity contribution in [2.75, 3.05) is 18.4 Å². The smallest absolute Gasteiger partial charge is 0.0481 e. The Bertz CT molecular complexity index is 316. The molecular formula is C11H17N3. The standard InChI is InChI=1S/C11H17N3/c1-9-7-10(3-5-13-9)14-11(2)4-6-12-8-11/h3,5,7,12H,4,6,8H2,1-2H3,(H,13,14). The lowest BCUT2D eigenvalue weighted by molar-refractivity contribution is 0.567. The maximum atomic E-state index is 4.18. The summed E-state index contributed by atoms with van der Waals surface area (Å²) in [7, 11) is 0. The van der Waals surface area contributed by atoms with Crippen LogP contribution in [-0.4, -0.2) is 23.6 Å². The number of aryl methyl sites for hydroxylation is 1. The van der Waals surface area contributed by atoms with E-state index in [4.69, 9.17) is 0 Å². The Morgan fingerprint density at radius 3 is 3.07 bits per heavy atom. The summed E-state index contributed by atoms with van der Waals surface area (Å²) in [6.07, 6.45) is 3.03. The lowest BCUT2D eigenvalue weighted by Crippen LogP contribution is -2.36. The largest absolute Gasteiger partial charge is 0.378 e. The summed E-state index contributed by atoms with van der Waals surface area (Å²) >= 11 is 0. The Kier molecular flexibility index (Phi) is 2.42. The fourth-order valence-electron chi connectivity index (χ4n) is 1.90. The molecule has 14 heavy (non-hydrogen) atoms. The molecule has 1 saturated heterocycles. The summed E-state index contributed by atoms with van der Waals surface area (Å²) in [6, 6.07) is 4.11. The van der Waals surface area contributed by atoms with Gasteiger partial charge in [-0.15, -0.1) is 0 Å². The number of rotatable bonds is 2. The van der Waals surface area contributed by atoms with Crippen LogP contribution in [0.1, 0.15) is 19.0 Å². The van der Waals surface area contributed by atoms with Gasteiger partial charge >= 0.3 is 0 Å². The molecule has 2 N–H and O–H groups in total. The highest BCUT2D eigenvalue weighted by Gasteiger charge is 2.27. The third kappa shape index (κ3) is 2.04. The van der Waals surface area contributed by atoms with Crippen molar-refractivity contribution in [1.82, 2.24) is 10.3 Å². The maximum absolute atomic E-state index is 4.18. The summed E-state index contributed by atoms with van der Waals surface area (Å²) < 4.78 is 0. The number of hydrogen-bond donors (Lipinski definition) is 2. The van der Waals surface area contributed by atoms with Gasteiger partial charge in [-0.3, -0.25) is 4.98 Å². The highest BCUT2D eigenvalue weighted by molar-refractivity contribution is 5.45. The number of hydrogen-bond acceptors (Lipinski definition) is 3. The molecule has 0 amide bonds. The lowest BCUT2D eigenvalue weighted by Gasteiger charge is -2.25. The molecule has 0 bridgehead atoms. The zero-order chi connectivity index (χ0) is 10.0. The number of aromatic nitrogens is 1. The molecule has 76 valence electrons. The minimum absolute atomic E-state index is 0.202. The van der Waals surface area contributed by atoms with E-state index >= 15 is 0 Å². The average Bonchev–Trinajstić information content (AvgIpc) is 2.51. The van der Waals surface area contributed by atoms with Crippen molar-refractivity contribution in [3.8, 4) is 0 Å². The molecule has 0 spiro atoms. The third-order valence-electron chi connectivity index (χ3n) is 2.71. The van der Waals surface area contributed by atoms with Gasteiger partial charge in [-0.1, -0.05) is 0 Å². The predicted molar refractivity (Wildman–Crippen MR) is 58.5 cm³/mol. The van der Waals surface area contributed by atoms with Crippen molar-refractivity contribution in [3.63, 3.8) is 0 Å². The molecule has 1 unspecified atom stereocenters. The fourth-order valence-corrected chi connectivity index (χ4v) is 1.90. The molecule has 0 radical (unpaired) electrons. The van der Waals surface area contributed by atoms with Gasteiger partial charge in [0.2, 0.25) is 0 Å². The lowest BCUT2D eigenvalue weighted by atomic mass is 10.0. The number of anilines is 1. The van der Waals surface area contributed by atoms with Gasteiger partial charge in [0.15, 0.2) is 0 Å². The summed E-state index contributed by atoms with van der Waals surface area (Å²) in [5.74, 6) is 0. The number of nitrogens with one attached hydrogen (secondary N) is 2. The minimum Gasteiger partial charge on any atom is -0.378 e. The molecule has 1 atom stereocenters. The third-order valence-corrected chi connectivity index (χ3v) is 2.71. The van der Waals surface area contributed by atoms with Crippen molar-refractivity contribution >= 4 is 5.69 Å². The van der Waals surface area contributed by atoms with Crippen LogP contribution in [0.5, 0.6) is 0 Å². The normalized spacial score (nSPS) is 26.4. The Balaban J connectivity index is 2.10. The van der Waals surface area contributed by atoms with Crippen LogP contribution < -0.4 is 10.6 Å². The van der Waals surface area contributed by atoms with Gasteiger partial charge in [0.1, 0.15) is 0 Å². The average molecular weight is 191 g/mol. The van der Waals surface area contributed by atoms with Gasteiger partial charge in [0, 0.05) is 29.7 Å². The van der Waals surface area contributed by atoms with Crippen molar-refractivity contribution < 1.29 is 0 Å². The van der Waals surface area contributed by atoms with Gasteiger partial charge in [0.25, 0.3) is 0 Å². The van der Waals surface area contributed by atoms with E-state index in [1.165, 1.54) is 12.1 Å². The first-order valence-corrected chi connectivity index (χ1v) is 5.10. The molecule has 0 saturated carbocycles. The highest BCUT2D eigenvalue weighted by atomic mass is 15.1. The second kappa shape index (κ2) is 3.58. The fraction of sp³-hybridized carbons (Fsp3) is 0.545. The quantitative estimate of drug-likeness (QED) is 0.744. The first-order valence-electron chi connectivity index (χ1n) is 5.10. The molecule has 2 rings (SSSR count). The Labute approximate surface area is 84.9 Å². The Morgan fingerprint density at radius 1 is 1.57 bits per heavy atom. The molecular weight excluding hydrogens is 174 g/mol. The maximum Gasteiger partial charge on any atom is 0.0481 e. The molecule has 0 aromatic carbocycles. The van der Waals surface area contributed by atoms with Crippen molar-refractivity contribution in [2.24, 2.45) is 0 Å². The topological polar surface area (TPSA) is 37.0 Å².